The molecule has 62 valence electrons. The molecule has 0 spiro atoms. The van der Waals surface area contributed by atoms with Gasteiger partial charge >= 0.3 is 30.0 Å². The van der Waals surface area contributed by atoms with Crippen LogP contribution in [0.4, 0.5) is 0 Å². The fraction of sp³-hybridized carbons (Fsp3) is 0.250. The number of rotatable bonds is 2. The molecule has 4 heteroatoms. The van der Waals surface area contributed by atoms with E-state index in [1.165, 1.54) is 16.3 Å². The summed E-state index contributed by atoms with van der Waals surface area (Å²) in [5, 5.41) is 0. The summed E-state index contributed by atoms with van der Waals surface area (Å²) in [4.78, 5) is 0. The maximum absolute atomic E-state index is 4.99. The number of hydrogen-bond acceptors (Lipinski definition) is 2. The number of halogens is 1. The van der Waals surface area contributed by atoms with E-state index in [2.05, 4.69) is 19.7 Å². The standard InChI is InChI=1S/C8H9O2.BrH.Zn/c1-9-7-5-3-4-6-8(7)10-2;;/h3,5-6H,1-2H3;1H;/q-1;;+2/p-1. The van der Waals surface area contributed by atoms with Gasteiger partial charge in [0, 0.05) is 5.75 Å². The van der Waals surface area contributed by atoms with Crippen molar-refractivity contribution in [3.05, 3.63) is 24.3 Å². The van der Waals surface area contributed by atoms with E-state index in [0.29, 0.717) is 5.75 Å². The summed E-state index contributed by atoms with van der Waals surface area (Å²) in [5.74, 6) is 1.45. The Hall–Kier alpha value is -0.0766. The second-order valence-corrected chi connectivity index (χ2v) is 1.78. The van der Waals surface area contributed by atoms with E-state index in [1.807, 2.05) is 0 Å². The van der Waals surface area contributed by atoms with Crippen LogP contribution in [0, 0.1) is 6.07 Å². The Kier molecular flexibility index (Phi) is 7.52. The van der Waals surface area contributed by atoms with Gasteiger partial charge in [0.1, 0.15) is 0 Å². The van der Waals surface area contributed by atoms with Gasteiger partial charge in [-0.05, 0) is 0 Å². The van der Waals surface area contributed by atoms with Crippen molar-refractivity contribution in [1.29, 1.82) is 0 Å². The van der Waals surface area contributed by atoms with E-state index in [1.54, 1.807) is 32.4 Å². The van der Waals surface area contributed by atoms with Crippen molar-refractivity contribution in [2.24, 2.45) is 0 Å². The normalized spacial score (nSPS) is 8.08. The zero-order valence-corrected chi connectivity index (χ0v) is 11.7. The van der Waals surface area contributed by atoms with Gasteiger partial charge in [-0.2, -0.15) is 12.1 Å². The molecule has 0 saturated carbocycles. The molecular weight excluding hydrogens is 273 g/mol. The van der Waals surface area contributed by atoms with Crippen molar-refractivity contribution < 1.29 is 25.8 Å². The minimum absolute atomic E-state index is 0.713. The van der Waals surface area contributed by atoms with Crippen LogP contribution in [0.1, 0.15) is 0 Å². The summed E-state index contributed by atoms with van der Waals surface area (Å²) in [6.07, 6.45) is 0. The Bertz CT molecular complexity index is 195. The Balaban J connectivity index is 0.000000561. The molecular formula is C8H9BrO2Zn. The van der Waals surface area contributed by atoms with E-state index in [-0.39, 0.29) is 0 Å². The number of ether oxygens (including phenoxy) is 2. The van der Waals surface area contributed by atoms with E-state index in [4.69, 9.17) is 9.47 Å². The number of benzene rings is 1. The first-order chi connectivity index (χ1) is 5.88. The summed E-state index contributed by atoms with van der Waals surface area (Å²) in [7, 11) is 3.21. The maximum atomic E-state index is 4.99. The SMILES string of the molecule is COc1c[c-]ccc1OC.[Zn+][Br]. The van der Waals surface area contributed by atoms with Crippen molar-refractivity contribution >= 4 is 13.6 Å². The molecule has 0 bridgehead atoms. The molecule has 0 radical (unpaired) electrons. The molecule has 1 aromatic carbocycles. The number of methoxy groups -OCH3 is 2. The Morgan fingerprint density at radius 2 is 1.83 bits per heavy atom. The summed E-state index contributed by atoms with van der Waals surface area (Å²) < 4.78 is 9.97. The average molecular weight is 282 g/mol. The van der Waals surface area contributed by atoms with Gasteiger partial charge in [-0.25, -0.2) is 0 Å². The molecule has 0 aliphatic rings. The molecule has 1 aromatic rings. The zero-order valence-electron chi connectivity index (χ0n) is 7.13. The first-order valence-corrected chi connectivity index (χ1v) is 10.2. The zero-order chi connectivity index (χ0) is 9.40. The summed E-state index contributed by atoms with van der Waals surface area (Å²) >= 11 is 4.25. The Labute approximate surface area is 89.3 Å². The molecule has 0 atom stereocenters. The van der Waals surface area contributed by atoms with Crippen LogP contribution in [0.25, 0.3) is 0 Å². The molecule has 0 unspecified atom stereocenters. The summed E-state index contributed by atoms with van der Waals surface area (Å²) in [6.45, 7) is 0. The molecule has 0 aliphatic heterocycles. The predicted molar refractivity (Wildman–Crippen MR) is 47.3 cm³/mol. The third kappa shape index (κ3) is 3.55. The third-order valence-electron chi connectivity index (χ3n) is 1.23. The second-order valence-electron chi connectivity index (χ2n) is 1.78. The quantitative estimate of drug-likeness (QED) is 0.612. The number of hydrogen-bond donors (Lipinski definition) is 0. The van der Waals surface area contributed by atoms with Crippen LogP contribution < -0.4 is 9.47 Å². The van der Waals surface area contributed by atoms with Crippen molar-refractivity contribution in [2.75, 3.05) is 14.2 Å². The fourth-order valence-electron chi connectivity index (χ4n) is 0.729. The van der Waals surface area contributed by atoms with Crippen LogP contribution in [0.2, 0.25) is 0 Å². The summed E-state index contributed by atoms with van der Waals surface area (Å²) in [5.41, 5.74) is 0. The molecule has 12 heavy (non-hydrogen) atoms. The van der Waals surface area contributed by atoms with Crippen LogP contribution in [0.15, 0.2) is 18.2 Å². The van der Waals surface area contributed by atoms with Gasteiger partial charge < -0.3 is 9.47 Å². The van der Waals surface area contributed by atoms with Gasteiger partial charge in [0.05, 0.1) is 20.0 Å². The molecule has 0 amide bonds. The van der Waals surface area contributed by atoms with Crippen LogP contribution in [-0.4, -0.2) is 14.2 Å². The van der Waals surface area contributed by atoms with Crippen molar-refractivity contribution in [3.63, 3.8) is 0 Å². The van der Waals surface area contributed by atoms with Crippen molar-refractivity contribution in [1.82, 2.24) is 0 Å². The van der Waals surface area contributed by atoms with Crippen molar-refractivity contribution in [3.8, 4) is 11.5 Å². The third-order valence-corrected chi connectivity index (χ3v) is 1.23. The monoisotopic (exact) mass is 280 g/mol. The van der Waals surface area contributed by atoms with Gasteiger partial charge in [0.25, 0.3) is 0 Å². The van der Waals surface area contributed by atoms with Gasteiger partial charge in [-0.3, -0.25) is 0 Å². The molecule has 0 aliphatic carbocycles. The van der Waals surface area contributed by atoms with Gasteiger partial charge in [-0.1, -0.05) is 0 Å². The van der Waals surface area contributed by atoms with E-state index in [9.17, 15) is 0 Å². The minimum atomic E-state index is 0.713. The van der Waals surface area contributed by atoms with Crippen LogP contribution in [0.5, 0.6) is 11.5 Å². The van der Waals surface area contributed by atoms with Crippen LogP contribution in [-0.2, 0) is 16.3 Å². The Morgan fingerprint density at radius 3 is 2.25 bits per heavy atom. The molecule has 0 N–H and O–H groups in total. The predicted octanol–water partition coefficient (Wildman–Crippen LogP) is 2.35. The van der Waals surface area contributed by atoms with E-state index in [0.717, 1.165) is 5.75 Å². The molecule has 2 nitrogen and oxygen atoms in total. The molecule has 0 heterocycles. The van der Waals surface area contributed by atoms with Crippen molar-refractivity contribution in [2.45, 2.75) is 0 Å². The molecule has 0 aromatic heterocycles. The van der Waals surface area contributed by atoms with E-state index < -0.39 is 0 Å². The van der Waals surface area contributed by atoms with Gasteiger partial charge in [0.15, 0.2) is 0 Å². The second kappa shape index (κ2) is 7.57. The molecule has 1 rings (SSSR count). The van der Waals surface area contributed by atoms with Crippen LogP contribution in [0.3, 0.4) is 0 Å². The first-order valence-electron chi connectivity index (χ1n) is 3.23. The first kappa shape index (κ1) is 11.9. The van der Waals surface area contributed by atoms with Crippen LogP contribution >= 0.6 is 13.6 Å². The fourth-order valence-corrected chi connectivity index (χ4v) is 0.729. The van der Waals surface area contributed by atoms with Gasteiger partial charge in [-0.15, -0.1) is 12.1 Å². The summed E-state index contributed by atoms with van der Waals surface area (Å²) in [6, 6.07) is 8.20. The molecule has 0 fully saturated rings. The Morgan fingerprint density at radius 1 is 1.25 bits per heavy atom. The average Bonchev–Trinajstić information content (AvgIpc) is 2.20. The molecule has 0 saturated heterocycles. The topological polar surface area (TPSA) is 18.5 Å². The van der Waals surface area contributed by atoms with Gasteiger partial charge in [0.2, 0.25) is 0 Å². The van der Waals surface area contributed by atoms with E-state index >= 15 is 0 Å².